The third kappa shape index (κ3) is 2.60. The van der Waals surface area contributed by atoms with Crippen molar-refractivity contribution in [2.75, 3.05) is 31.7 Å². The Kier molecular flexibility index (Phi) is 4.09. The van der Waals surface area contributed by atoms with Gasteiger partial charge in [-0.25, -0.2) is 0 Å². The first-order valence-electron chi connectivity index (χ1n) is 6.35. The largest absolute Gasteiger partial charge is 0.496 e. The van der Waals surface area contributed by atoms with Gasteiger partial charge in [-0.15, -0.1) is 0 Å². The normalized spacial score (nSPS) is 21.8. The summed E-state index contributed by atoms with van der Waals surface area (Å²) in [7, 11) is 1.63. The molecule has 1 heterocycles. The molecule has 0 radical (unpaired) electrons. The molecule has 2 rings (SSSR count). The van der Waals surface area contributed by atoms with E-state index in [0.717, 1.165) is 36.7 Å². The SMILES string of the molecule is COc1cccc(N2CCOC(C)C2)c1[C@H](C)O. The second kappa shape index (κ2) is 5.59. The van der Waals surface area contributed by atoms with E-state index >= 15 is 0 Å². The van der Waals surface area contributed by atoms with E-state index in [2.05, 4.69) is 11.8 Å². The van der Waals surface area contributed by atoms with E-state index in [4.69, 9.17) is 9.47 Å². The highest BCUT2D eigenvalue weighted by molar-refractivity contribution is 5.60. The summed E-state index contributed by atoms with van der Waals surface area (Å²) in [5, 5.41) is 9.98. The van der Waals surface area contributed by atoms with Gasteiger partial charge < -0.3 is 19.5 Å². The van der Waals surface area contributed by atoms with E-state index in [9.17, 15) is 5.11 Å². The maximum atomic E-state index is 9.98. The topological polar surface area (TPSA) is 41.9 Å². The minimum Gasteiger partial charge on any atom is -0.496 e. The Bertz CT molecular complexity index is 406. The second-order valence-electron chi connectivity index (χ2n) is 4.70. The maximum absolute atomic E-state index is 9.98. The van der Waals surface area contributed by atoms with Crippen molar-refractivity contribution in [2.45, 2.75) is 26.1 Å². The quantitative estimate of drug-likeness (QED) is 0.892. The first kappa shape index (κ1) is 13.2. The van der Waals surface area contributed by atoms with Gasteiger partial charge in [-0.1, -0.05) is 6.07 Å². The maximum Gasteiger partial charge on any atom is 0.126 e. The summed E-state index contributed by atoms with van der Waals surface area (Å²) in [6.45, 7) is 6.24. The molecule has 1 aromatic rings. The number of anilines is 1. The molecule has 1 aliphatic heterocycles. The number of hydrogen-bond donors (Lipinski definition) is 1. The van der Waals surface area contributed by atoms with Crippen molar-refractivity contribution < 1.29 is 14.6 Å². The lowest BCUT2D eigenvalue weighted by Gasteiger charge is -2.35. The number of nitrogens with zero attached hydrogens (tertiary/aromatic N) is 1. The van der Waals surface area contributed by atoms with Crippen LogP contribution in [0, 0.1) is 0 Å². The molecule has 0 bridgehead atoms. The van der Waals surface area contributed by atoms with Gasteiger partial charge in [0.05, 0.1) is 25.9 Å². The molecular weight excluding hydrogens is 230 g/mol. The Balaban J connectivity index is 2.36. The van der Waals surface area contributed by atoms with Crippen LogP contribution in [0.2, 0.25) is 0 Å². The van der Waals surface area contributed by atoms with Crippen molar-refractivity contribution in [3.05, 3.63) is 23.8 Å². The van der Waals surface area contributed by atoms with Crippen molar-refractivity contribution in [1.82, 2.24) is 0 Å². The highest BCUT2D eigenvalue weighted by atomic mass is 16.5. The summed E-state index contributed by atoms with van der Waals surface area (Å²) < 4.78 is 10.9. The fourth-order valence-corrected chi connectivity index (χ4v) is 2.44. The summed E-state index contributed by atoms with van der Waals surface area (Å²) in [5.74, 6) is 0.738. The zero-order chi connectivity index (χ0) is 13.1. The van der Waals surface area contributed by atoms with Crippen molar-refractivity contribution in [1.29, 1.82) is 0 Å². The Morgan fingerprint density at radius 1 is 1.50 bits per heavy atom. The Hall–Kier alpha value is -1.26. The predicted molar refractivity (Wildman–Crippen MR) is 71.3 cm³/mol. The highest BCUT2D eigenvalue weighted by Crippen LogP contribution is 2.35. The number of benzene rings is 1. The number of hydrogen-bond acceptors (Lipinski definition) is 4. The van der Waals surface area contributed by atoms with Crippen LogP contribution in [-0.2, 0) is 4.74 Å². The van der Waals surface area contributed by atoms with Crippen molar-refractivity contribution in [2.24, 2.45) is 0 Å². The average Bonchev–Trinajstić information content (AvgIpc) is 2.37. The number of rotatable bonds is 3. The molecule has 1 fully saturated rings. The molecule has 0 aromatic heterocycles. The minimum absolute atomic E-state index is 0.215. The van der Waals surface area contributed by atoms with Crippen LogP contribution >= 0.6 is 0 Å². The molecular formula is C14H21NO3. The molecule has 100 valence electrons. The molecule has 0 aliphatic carbocycles. The van der Waals surface area contributed by atoms with Crippen molar-refractivity contribution in [3.8, 4) is 5.75 Å². The Morgan fingerprint density at radius 2 is 2.28 bits per heavy atom. The summed E-state index contributed by atoms with van der Waals surface area (Å²) in [6, 6.07) is 5.87. The molecule has 1 aromatic carbocycles. The number of aliphatic hydroxyl groups is 1. The lowest BCUT2D eigenvalue weighted by molar-refractivity contribution is 0.0529. The van der Waals surface area contributed by atoms with Crippen LogP contribution in [0.3, 0.4) is 0 Å². The monoisotopic (exact) mass is 251 g/mol. The molecule has 4 nitrogen and oxygen atoms in total. The van der Waals surface area contributed by atoms with Gasteiger partial charge in [0.1, 0.15) is 5.75 Å². The van der Waals surface area contributed by atoms with E-state index < -0.39 is 6.10 Å². The van der Waals surface area contributed by atoms with Crippen molar-refractivity contribution >= 4 is 5.69 Å². The van der Waals surface area contributed by atoms with Gasteiger partial charge in [-0.3, -0.25) is 0 Å². The summed E-state index contributed by atoms with van der Waals surface area (Å²) in [6.07, 6.45) is -0.332. The number of ether oxygens (including phenoxy) is 2. The van der Waals surface area contributed by atoms with E-state index in [-0.39, 0.29) is 6.10 Å². The van der Waals surface area contributed by atoms with Gasteiger partial charge in [0.2, 0.25) is 0 Å². The van der Waals surface area contributed by atoms with Crippen LogP contribution in [0.1, 0.15) is 25.5 Å². The van der Waals surface area contributed by atoms with Gasteiger partial charge >= 0.3 is 0 Å². The molecule has 4 heteroatoms. The molecule has 1 aliphatic rings. The summed E-state index contributed by atoms with van der Waals surface area (Å²) in [5.41, 5.74) is 1.90. The van der Waals surface area contributed by atoms with E-state index in [1.165, 1.54) is 0 Å². The highest BCUT2D eigenvalue weighted by Gasteiger charge is 2.22. The van der Waals surface area contributed by atoms with Gasteiger partial charge in [-0.2, -0.15) is 0 Å². The summed E-state index contributed by atoms with van der Waals surface area (Å²) in [4.78, 5) is 2.25. The molecule has 1 saturated heterocycles. The van der Waals surface area contributed by atoms with Crippen LogP contribution in [-0.4, -0.2) is 38.0 Å². The second-order valence-corrected chi connectivity index (χ2v) is 4.70. The first-order chi connectivity index (χ1) is 8.63. The molecule has 18 heavy (non-hydrogen) atoms. The van der Waals surface area contributed by atoms with Gasteiger partial charge in [0.25, 0.3) is 0 Å². The van der Waals surface area contributed by atoms with Gasteiger partial charge in [0, 0.05) is 24.3 Å². The third-order valence-corrected chi connectivity index (χ3v) is 3.26. The van der Waals surface area contributed by atoms with Crippen molar-refractivity contribution in [3.63, 3.8) is 0 Å². The number of morpholine rings is 1. The smallest absolute Gasteiger partial charge is 0.126 e. The fraction of sp³-hybridized carbons (Fsp3) is 0.571. The zero-order valence-electron chi connectivity index (χ0n) is 11.2. The van der Waals surface area contributed by atoms with Crippen LogP contribution in [0.4, 0.5) is 5.69 Å². The molecule has 1 N–H and O–H groups in total. The van der Waals surface area contributed by atoms with E-state index in [1.54, 1.807) is 14.0 Å². The van der Waals surface area contributed by atoms with Crippen LogP contribution < -0.4 is 9.64 Å². The Morgan fingerprint density at radius 3 is 2.89 bits per heavy atom. The van der Waals surface area contributed by atoms with Gasteiger partial charge in [0.15, 0.2) is 0 Å². The third-order valence-electron chi connectivity index (χ3n) is 3.26. The van der Waals surface area contributed by atoms with Crippen LogP contribution in [0.25, 0.3) is 0 Å². The zero-order valence-corrected chi connectivity index (χ0v) is 11.2. The first-order valence-corrected chi connectivity index (χ1v) is 6.35. The van der Waals surface area contributed by atoms with E-state index in [0.29, 0.717) is 0 Å². The fourth-order valence-electron chi connectivity index (χ4n) is 2.44. The van der Waals surface area contributed by atoms with E-state index in [1.807, 2.05) is 18.2 Å². The van der Waals surface area contributed by atoms with Crippen LogP contribution in [0.15, 0.2) is 18.2 Å². The average molecular weight is 251 g/mol. The van der Waals surface area contributed by atoms with Gasteiger partial charge in [-0.05, 0) is 26.0 Å². The van der Waals surface area contributed by atoms with Crippen LogP contribution in [0.5, 0.6) is 5.75 Å². The lowest BCUT2D eigenvalue weighted by atomic mass is 10.0. The predicted octanol–water partition coefficient (Wildman–Crippen LogP) is 1.97. The Labute approximate surface area is 108 Å². The summed E-state index contributed by atoms with van der Waals surface area (Å²) >= 11 is 0. The molecule has 1 unspecified atom stereocenters. The molecule has 0 saturated carbocycles. The molecule has 2 atom stereocenters. The number of methoxy groups -OCH3 is 1. The minimum atomic E-state index is -0.547. The standard InChI is InChI=1S/C14H21NO3/c1-10-9-15(7-8-18-10)12-5-4-6-13(17-3)14(12)11(2)16/h4-6,10-11,16H,7-9H2,1-3H3/t10?,11-/m0/s1. The molecule has 0 spiro atoms. The molecule has 0 amide bonds. The lowest BCUT2D eigenvalue weighted by Crippen LogP contribution is -2.41. The number of aliphatic hydroxyl groups excluding tert-OH is 1.